The fourth-order valence-electron chi connectivity index (χ4n) is 2.40. The molecule has 0 N–H and O–H groups in total. The van der Waals surface area contributed by atoms with Crippen LogP contribution in [0, 0.1) is 5.92 Å². The molecule has 1 saturated heterocycles. The first-order valence-corrected chi connectivity index (χ1v) is 5.82. The summed E-state index contributed by atoms with van der Waals surface area (Å²) < 4.78 is 5.63. The van der Waals surface area contributed by atoms with Crippen molar-refractivity contribution in [2.45, 2.75) is 45.3 Å². The van der Waals surface area contributed by atoms with Gasteiger partial charge in [-0.1, -0.05) is 13.5 Å². The third-order valence-corrected chi connectivity index (χ3v) is 4.49. The normalized spacial score (nSPS) is 34.4. The molecule has 0 aromatic carbocycles. The minimum absolute atomic E-state index is 0.163. The van der Waals surface area contributed by atoms with E-state index in [1.165, 1.54) is 6.08 Å². The Kier molecular flexibility index (Phi) is 3.48. The first-order chi connectivity index (χ1) is 7.25. The Bertz CT molecular complexity index is 298. The van der Waals surface area contributed by atoms with Crippen molar-refractivity contribution in [2.24, 2.45) is 5.92 Å². The van der Waals surface area contributed by atoms with E-state index in [0.717, 1.165) is 13.0 Å². The molecular weight excluding hydrogens is 202 g/mol. The number of hydrogen-bond donors (Lipinski definition) is 0. The summed E-state index contributed by atoms with van der Waals surface area (Å²) in [4.78, 5) is 13.7. The van der Waals surface area contributed by atoms with Crippen LogP contribution in [0.2, 0.25) is 0 Å². The van der Waals surface area contributed by atoms with Gasteiger partial charge in [-0.15, -0.1) is 0 Å². The molecule has 0 spiro atoms. The maximum Gasteiger partial charge on any atom is 0.330 e. The summed E-state index contributed by atoms with van der Waals surface area (Å²) in [6.07, 6.45) is 2.28. The van der Waals surface area contributed by atoms with E-state index in [-0.39, 0.29) is 11.5 Å². The largest absolute Gasteiger partial charge is 0.454 e. The van der Waals surface area contributed by atoms with Gasteiger partial charge >= 0.3 is 5.97 Å². The van der Waals surface area contributed by atoms with E-state index >= 15 is 0 Å². The van der Waals surface area contributed by atoms with Gasteiger partial charge < -0.3 is 4.74 Å². The molecule has 1 rings (SSSR count). The molecule has 1 aliphatic rings. The number of carbonyl (C=O) groups is 1. The van der Waals surface area contributed by atoms with Gasteiger partial charge in [0, 0.05) is 6.08 Å². The molecule has 1 aliphatic heterocycles. The van der Waals surface area contributed by atoms with Crippen LogP contribution in [0.15, 0.2) is 12.7 Å². The molecule has 0 amide bonds. The Morgan fingerprint density at radius 1 is 1.50 bits per heavy atom. The van der Waals surface area contributed by atoms with Crippen molar-refractivity contribution in [2.75, 3.05) is 13.6 Å². The summed E-state index contributed by atoms with van der Waals surface area (Å²) >= 11 is 0. The van der Waals surface area contributed by atoms with E-state index in [0.29, 0.717) is 5.92 Å². The highest BCUT2D eigenvalue weighted by atomic mass is 16.6. The fraction of sp³-hybridized carbons (Fsp3) is 0.769. The molecule has 3 nitrogen and oxygen atoms in total. The second kappa shape index (κ2) is 4.21. The smallest absolute Gasteiger partial charge is 0.330 e. The second-order valence-corrected chi connectivity index (χ2v) is 5.40. The molecule has 92 valence electrons. The van der Waals surface area contributed by atoms with Crippen molar-refractivity contribution in [3.8, 4) is 0 Å². The SMILES string of the molecule is C=CC(=O)OC1(C)C(C)CCN(C)C1(C)C. The van der Waals surface area contributed by atoms with Gasteiger partial charge in [-0.2, -0.15) is 0 Å². The molecular formula is C13H23NO2. The maximum absolute atomic E-state index is 11.5. The number of hydrogen-bond acceptors (Lipinski definition) is 3. The maximum atomic E-state index is 11.5. The molecule has 3 heteroatoms. The molecule has 2 unspecified atom stereocenters. The van der Waals surface area contributed by atoms with Crippen molar-refractivity contribution in [3.63, 3.8) is 0 Å². The van der Waals surface area contributed by atoms with Crippen LogP contribution in [0.3, 0.4) is 0 Å². The van der Waals surface area contributed by atoms with Crippen LogP contribution in [0.25, 0.3) is 0 Å². The molecule has 1 heterocycles. The van der Waals surface area contributed by atoms with Crippen LogP contribution in [0.5, 0.6) is 0 Å². The molecule has 0 radical (unpaired) electrons. The predicted octanol–water partition coefficient (Wildman–Crippen LogP) is 2.22. The molecule has 2 atom stereocenters. The van der Waals surface area contributed by atoms with Crippen LogP contribution < -0.4 is 0 Å². The standard InChI is InChI=1S/C13H23NO2/c1-7-11(15)16-13(5)10(2)8-9-14(6)12(13,3)4/h7,10H,1,8-9H2,2-6H3. The molecule has 0 saturated carbocycles. The van der Waals surface area contributed by atoms with Crippen molar-refractivity contribution in [1.82, 2.24) is 4.90 Å². The zero-order valence-electron chi connectivity index (χ0n) is 11.0. The van der Waals surface area contributed by atoms with E-state index < -0.39 is 5.60 Å². The Labute approximate surface area is 98.5 Å². The summed E-state index contributed by atoms with van der Waals surface area (Å²) in [5.41, 5.74) is -0.630. The van der Waals surface area contributed by atoms with Crippen LogP contribution in [0.4, 0.5) is 0 Å². The van der Waals surface area contributed by atoms with Crippen LogP contribution >= 0.6 is 0 Å². The summed E-state index contributed by atoms with van der Waals surface area (Å²) in [6.45, 7) is 12.9. The number of ether oxygens (including phenoxy) is 1. The zero-order valence-corrected chi connectivity index (χ0v) is 11.0. The molecule has 0 aliphatic carbocycles. The minimum Gasteiger partial charge on any atom is -0.454 e. The molecule has 0 aromatic heterocycles. The Morgan fingerprint density at radius 3 is 2.56 bits per heavy atom. The Hall–Kier alpha value is -0.830. The lowest BCUT2D eigenvalue weighted by molar-refractivity contribution is -0.189. The lowest BCUT2D eigenvalue weighted by atomic mass is 9.70. The minimum atomic E-state index is -0.467. The summed E-state index contributed by atoms with van der Waals surface area (Å²) in [5.74, 6) is 0.0142. The van der Waals surface area contributed by atoms with E-state index in [2.05, 4.69) is 39.3 Å². The van der Waals surface area contributed by atoms with Crippen LogP contribution in [0.1, 0.15) is 34.1 Å². The predicted molar refractivity (Wildman–Crippen MR) is 65.2 cm³/mol. The molecule has 0 aromatic rings. The van der Waals surface area contributed by atoms with Gasteiger partial charge in [0.1, 0.15) is 5.60 Å². The van der Waals surface area contributed by atoms with E-state index in [1.54, 1.807) is 0 Å². The number of rotatable bonds is 2. The second-order valence-electron chi connectivity index (χ2n) is 5.40. The van der Waals surface area contributed by atoms with Gasteiger partial charge in [0.05, 0.1) is 5.54 Å². The Morgan fingerprint density at radius 2 is 2.06 bits per heavy atom. The number of esters is 1. The van der Waals surface area contributed by atoms with Crippen molar-refractivity contribution in [1.29, 1.82) is 0 Å². The highest BCUT2D eigenvalue weighted by molar-refractivity contribution is 5.81. The summed E-state index contributed by atoms with van der Waals surface area (Å²) in [7, 11) is 2.08. The number of carbonyl (C=O) groups excluding carboxylic acids is 1. The quantitative estimate of drug-likeness (QED) is 0.533. The first-order valence-electron chi connectivity index (χ1n) is 5.82. The van der Waals surface area contributed by atoms with E-state index in [9.17, 15) is 4.79 Å². The highest BCUT2D eigenvalue weighted by Crippen LogP contribution is 2.42. The lowest BCUT2D eigenvalue weighted by Crippen LogP contribution is -2.66. The van der Waals surface area contributed by atoms with E-state index in [4.69, 9.17) is 4.74 Å². The number of nitrogens with zero attached hydrogens (tertiary/aromatic N) is 1. The molecule has 1 fully saturated rings. The first kappa shape index (κ1) is 13.2. The third kappa shape index (κ3) is 1.88. The van der Waals surface area contributed by atoms with Crippen molar-refractivity contribution >= 4 is 5.97 Å². The van der Waals surface area contributed by atoms with Gasteiger partial charge in [0.2, 0.25) is 0 Å². The van der Waals surface area contributed by atoms with Crippen molar-refractivity contribution in [3.05, 3.63) is 12.7 Å². The lowest BCUT2D eigenvalue weighted by Gasteiger charge is -2.55. The average Bonchev–Trinajstić information content (AvgIpc) is 2.22. The van der Waals surface area contributed by atoms with Crippen LogP contribution in [-0.2, 0) is 9.53 Å². The van der Waals surface area contributed by atoms with Gasteiger partial charge in [-0.05, 0) is 46.7 Å². The van der Waals surface area contributed by atoms with Gasteiger partial charge in [0.15, 0.2) is 0 Å². The monoisotopic (exact) mass is 225 g/mol. The van der Waals surface area contributed by atoms with Crippen molar-refractivity contribution < 1.29 is 9.53 Å². The zero-order chi connectivity index (χ0) is 12.6. The van der Waals surface area contributed by atoms with Gasteiger partial charge in [-0.25, -0.2) is 4.79 Å². The summed E-state index contributed by atoms with van der Waals surface area (Å²) in [5, 5.41) is 0. The molecule has 16 heavy (non-hydrogen) atoms. The third-order valence-electron chi connectivity index (χ3n) is 4.49. The van der Waals surface area contributed by atoms with Gasteiger partial charge in [-0.3, -0.25) is 4.90 Å². The fourth-order valence-corrected chi connectivity index (χ4v) is 2.40. The van der Waals surface area contributed by atoms with Crippen LogP contribution in [-0.4, -0.2) is 35.6 Å². The van der Waals surface area contributed by atoms with Gasteiger partial charge in [0.25, 0.3) is 0 Å². The number of piperidine rings is 1. The number of likely N-dealkylation sites (tertiary alicyclic amines) is 1. The molecule has 0 bridgehead atoms. The summed E-state index contributed by atoms with van der Waals surface area (Å²) in [6, 6.07) is 0. The number of likely N-dealkylation sites (N-methyl/N-ethyl adjacent to an activating group) is 1. The average molecular weight is 225 g/mol. The van der Waals surface area contributed by atoms with E-state index in [1.807, 2.05) is 6.92 Å². The highest BCUT2D eigenvalue weighted by Gasteiger charge is 2.53. The Balaban J connectivity index is 3.03. The topological polar surface area (TPSA) is 29.5 Å².